The lowest BCUT2D eigenvalue weighted by Crippen LogP contribution is -2.63. The number of benzene rings is 2. The van der Waals surface area contributed by atoms with Gasteiger partial charge in [0.05, 0.1) is 22.9 Å². The number of ketones is 2. The van der Waals surface area contributed by atoms with Crippen molar-refractivity contribution >= 4 is 17.3 Å². The van der Waals surface area contributed by atoms with Crippen molar-refractivity contribution in [3.63, 3.8) is 0 Å². The molecule has 3 aliphatic rings. The molecule has 2 aliphatic heterocycles. The van der Waals surface area contributed by atoms with Crippen molar-refractivity contribution in [2.24, 2.45) is 0 Å². The summed E-state index contributed by atoms with van der Waals surface area (Å²) in [6.45, 7) is 3.98. The van der Waals surface area contributed by atoms with Crippen LogP contribution in [0.25, 0.3) is 0 Å². The minimum Gasteiger partial charge on any atom is -0.483 e. The fourth-order valence-corrected chi connectivity index (χ4v) is 4.64. The van der Waals surface area contributed by atoms with Gasteiger partial charge in [-0.05, 0) is 26.0 Å². The molecule has 0 amide bonds. The molecule has 0 bridgehead atoms. The predicted octanol–water partition coefficient (Wildman–Crippen LogP) is 3.17. The SMILES string of the molecule is CO[C@H]1C[C@]2(C)Nc3c(ccc4c3C(=O)c3ccccc3C4=O)O[C@H]2[C@H](C)O1. The summed E-state index contributed by atoms with van der Waals surface area (Å²) in [7, 11) is 1.61. The summed E-state index contributed by atoms with van der Waals surface area (Å²) >= 11 is 0. The van der Waals surface area contributed by atoms with E-state index in [1.807, 2.05) is 13.8 Å². The summed E-state index contributed by atoms with van der Waals surface area (Å²) in [4.78, 5) is 26.3. The van der Waals surface area contributed by atoms with Gasteiger partial charge >= 0.3 is 0 Å². The van der Waals surface area contributed by atoms with Crippen molar-refractivity contribution in [3.8, 4) is 5.75 Å². The molecular weight excluding hydrogens is 358 g/mol. The number of carbonyl (C=O) groups is 2. The Bertz CT molecular complexity index is 1020. The number of methoxy groups -OCH3 is 1. The molecule has 144 valence electrons. The van der Waals surface area contributed by atoms with E-state index in [1.165, 1.54) is 0 Å². The third-order valence-corrected chi connectivity index (χ3v) is 5.99. The molecule has 4 atom stereocenters. The molecule has 1 fully saturated rings. The van der Waals surface area contributed by atoms with Crippen molar-refractivity contribution in [2.75, 3.05) is 12.4 Å². The van der Waals surface area contributed by atoms with Crippen LogP contribution >= 0.6 is 0 Å². The van der Waals surface area contributed by atoms with Gasteiger partial charge in [-0.1, -0.05) is 24.3 Å². The summed E-state index contributed by atoms with van der Waals surface area (Å²) in [6.07, 6.45) is -0.253. The summed E-state index contributed by atoms with van der Waals surface area (Å²) in [5, 5.41) is 3.52. The van der Waals surface area contributed by atoms with Gasteiger partial charge < -0.3 is 19.5 Å². The van der Waals surface area contributed by atoms with Crippen LogP contribution in [0.15, 0.2) is 36.4 Å². The molecule has 2 heterocycles. The smallest absolute Gasteiger partial charge is 0.196 e. The number of carbonyl (C=O) groups excluding carboxylic acids is 2. The monoisotopic (exact) mass is 379 g/mol. The Morgan fingerprint density at radius 1 is 1.07 bits per heavy atom. The lowest BCUT2D eigenvalue weighted by molar-refractivity contribution is -0.220. The van der Waals surface area contributed by atoms with Crippen LogP contribution in [0, 0.1) is 0 Å². The number of ether oxygens (including phenoxy) is 3. The van der Waals surface area contributed by atoms with Gasteiger partial charge in [-0.3, -0.25) is 9.59 Å². The second-order valence-electron chi connectivity index (χ2n) is 7.86. The Kier molecular flexibility index (Phi) is 3.66. The summed E-state index contributed by atoms with van der Waals surface area (Å²) < 4.78 is 17.6. The third-order valence-electron chi connectivity index (χ3n) is 5.99. The third kappa shape index (κ3) is 2.28. The first-order valence-corrected chi connectivity index (χ1v) is 9.41. The Balaban J connectivity index is 1.65. The second kappa shape index (κ2) is 5.90. The first-order valence-electron chi connectivity index (χ1n) is 9.41. The topological polar surface area (TPSA) is 73.9 Å². The summed E-state index contributed by atoms with van der Waals surface area (Å²) in [5.74, 6) is 0.258. The Hall–Kier alpha value is -2.70. The van der Waals surface area contributed by atoms with Gasteiger partial charge in [-0.25, -0.2) is 0 Å². The van der Waals surface area contributed by atoms with Crippen molar-refractivity contribution < 1.29 is 23.8 Å². The van der Waals surface area contributed by atoms with Crippen LogP contribution in [0.3, 0.4) is 0 Å². The zero-order valence-electron chi connectivity index (χ0n) is 15.9. The molecule has 1 aliphatic carbocycles. The van der Waals surface area contributed by atoms with Crippen molar-refractivity contribution in [2.45, 2.75) is 44.3 Å². The zero-order valence-corrected chi connectivity index (χ0v) is 15.9. The second-order valence-corrected chi connectivity index (χ2v) is 7.86. The molecule has 0 aromatic heterocycles. The lowest BCUT2D eigenvalue weighted by Gasteiger charge is -2.51. The van der Waals surface area contributed by atoms with E-state index in [2.05, 4.69) is 5.32 Å². The van der Waals surface area contributed by atoms with Crippen molar-refractivity contribution in [3.05, 3.63) is 58.7 Å². The minimum atomic E-state index is -0.499. The highest BCUT2D eigenvalue weighted by Gasteiger charge is 2.51. The number of hydrogen-bond donors (Lipinski definition) is 1. The molecule has 2 aromatic rings. The fourth-order valence-electron chi connectivity index (χ4n) is 4.64. The largest absolute Gasteiger partial charge is 0.483 e. The van der Waals surface area contributed by atoms with Crippen LogP contribution in [-0.4, -0.2) is 42.7 Å². The molecule has 1 saturated heterocycles. The van der Waals surface area contributed by atoms with Crippen molar-refractivity contribution in [1.29, 1.82) is 0 Å². The van der Waals surface area contributed by atoms with Crippen LogP contribution < -0.4 is 10.1 Å². The molecule has 28 heavy (non-hydrogen) atoms. The molecule has 0 unspecified atom stereocenters. The number of fused-ring (bicyclic) bond motifs is 5. The Morgan fingerprint density at radius 3 is 2.50 bits per heavy atom. The fraction of sp³-hybridized carbons (Fsp3) is 0.364. The lowest BCUT2D eigenvalue weighted by atomic mass is 9.79. The number of hydrogen-bond acceptors (Lipinski definition) is 6. The van der Waals surface area contributed by atoms with E-state index in [9.17, 15) is 9.59 Å². The van der Waals surface area contributed by atoms with Crippen LogP contribution in [0.2, 0.25) is 0 Å². The number of anilines is 1. The van der Waals surface area contributed by atoms with Crippen LogP contribution in [0.4, 0.5) is 5.69 Å². The maximum Gasteiger partial charge on any atom is 0.196 e. The predicted molar refractivity (Wildman–Crippen MR) is 102 cm³/mol. The van der Waals surface area contributed by atoms with Gasteiger partial charge in [-0.2, -0.15) is 0 Å². The van der Waals surface area contributed by atoms with Gasteiger partial charge in [0.1, 0.15) is 11.9 Å². The van der Waals surface area contributed by atoms with Gasteiger partial charge in [0.2, 0.25) is 0 Å². The summed E-state index contributed by atoms with van der Waals surface area (Å²) in [6, 6.07) is 10.4. The molecular formula is C22H21NO5. The average Bonchev–Trinajstić information content (AvgIpc) is 2.69. The molecule has 2 aromatic carbocycles. The molecule has 6 heteroatoms. The highest BCUT2D eigenvalue weighted by molar-refractivity contribution is 6.30. The summed E-state index contributed by atoms with van der Waals surface area (Å²) in [5.41, 5.74) is 1.74. The average molecular weight is 379 g/mol. The van der Waals surface area contributed by atoms with E-state index in [4.69, 9.17) is 14.2 Å². The first kappa shape index (κ1) is 17.4. The molecule has 6 nitrogen and oxygen atoms in total. The highest BCUT2D eigenvalue weighted by atomic mass is 16.7. The highest BCUT2D eigenvalue weighted by Crippen LogP contribution is 2.46. The zero-order chi connectivity index (χ0) is 19.6. The van der Waals surface area contributed by atoms with Gasteiger partial charge in [-0.15, -0.1) is 0 Å². The normalized spacial score (nSPS) is 30.3. The number of nitrogens with one attached hydrogen (secondary N) is 1. The quantitative estimate of drug-likeness (QED) is 0.700. The first-order chi connectivity index (χ1) is 13.4. The maximum absolute atomic E-state index is 13.3. The minimum absolute atomic E-state index is 0.141. The van der Waals surface area contributed by atoms with E-state index in [-0.39, 0.29) is 30.1 Å². The van der Waals surface area contributed by atoms with E-state index in [0.717, 1.165) is 0 Å². The molecule has 0 radical (unpaired) electrons. The van der Waals surface area contributed by atoms with Gasteiger partial charge in [0.25, 0.3) is 0 Å². The van der Waals surface area contributed by atoms with Crippen molar-refractivity contribution in [1.82, 2.24) is 0 Å². The van der Waals surface area contributed by atoms with E-state index in [1.54, 1.807) is 43.5 Å². The Morgan fingerprint density at radius 2 is 1.79 bits per heavy atom. The maximum atomic E-state index is 13.3. The molecule has 0 spiro atoms. The standard InChI is InChI=1S/C22H21NO5/c1-11-21-22(2,10-16(26-3)27-11)23-18-15(28-21)9-8-14-17(18)20(25)13-7-5-4-6-12(13)19(14)24/h4-9,11,16,21,23H,10H2,1-3H3/t11-,16+,21-,22-/m0/s1. The van der Waals surface area contributed by atoms with Crippen LogP contribution in [-0.2, 0) is 9.47 Å². The van der Waals surface area contributed by atoms with E-state index >= 15 is 0 Å². The van der Waals surface area contributed by atoms with E-state index in [0.29, 0.717) is 40.1 Å². The van der Waals surface area contributed by atoms with Crippen LogP contribution in [0.1, 0.15) is 52.1 Å². The van der Waals surface area contributed by atoms with Gasteiger partial charge in [0, 0.05) is 30.2 Å². The van der Waals surface area contributed by atoms with Crippen LogP contribution in [0.5, 0.6) is 5.75 Å². The van der Waals surface area contributed by atoms with Gasteiger partial charge in [0.15, 0.2) is 17.9 Å². The molecule has 1 N–H and O–H groups in total. The number of rotatable bonds is 1. The van der Waals surface area contributed by atoms with E-state index < -0.39 is 5.54 Å². The molecule has 5 rings (SSSR count). The molecule has 0 saturated carbocycles. The Labute approximate surface area is 162 Å².